The first kappa shape index (κ1) is 21.1. The molecule has 0 bridgehead atoms. The van der Waals surface area contributed by atoms with E-state index in [1.807, 2.05) is 68.4 Å². The summed E-state index contributed by atoms with van der Waals surface area (Å²) in [6.07, 6.45) is 1.80. The molecule has 0 aliphatic rings. The quantitative estimate of drug-likeness (QED) is 0.508. The van der Waals surface area contributed by atoms with Gasteiger partial charge in [-0.2, -0.15) is 0 Å². The molecule has 0 aromatic heterocycles. The van der Waals surface area contributed by atoms with Crippen LogP contribution in [0.3, 0.4) is 0 Å². The molecule has 3 aromatic carbocycles. The van der Waals surface area contributed by atoms with Crippen LogP contribution in [0.25, 0.3) is 0 Å². The summed E-state index contributed by atoms with van der Waals surface area (Å²) in [4.78, 5) is 16.7. The van der Waals surface area contributed by atoms with Gasteiger partial charge in [0.15, 0.2) is 18.1 Å². The zero-order valence-corrected chi connectivity index (χ0v) is 17.5. The molecule has 0 aliphatic heterocycles. The number of nitrogens with one attached hydrogen (secondary N) is 1. The lowest BCUT2D eigenvalue weighted by atomic mass is 10.1. The number of rotatable bonds is 8. The van der Waals surface area contributed by atoms with Crippen LogP contribution in [0.5, 0.6) is 11.5 Å². The maximum absolute atomic E-state index is 12.1. The Morgan fingerprint density at radius 3 is 2.50 bits per heavy atom. The Bertz CT molecular complexity index is 1030. The molecule has 0 aliphatic carbocycles. The Morgan fingerprint density at radius 2 is 1.77 bits per heavy atom. The van der Waals surface area contributed by atoms with E-state index in [1.165, 1.54) is 5.56 Å². The predicted octanol–water partition coefficient (Wildman–Crippen LogP) is 5.47. The van der Waals surface area contributed by atoms with Gasteiger partial charge in [0, 0.05) is 11.9 Å². The van der Waals surface area contributed by atoms with Crippen molar-refractivity contribution in [3.63, 3.8) is 0 Å². The molecule has 5 nitrogen and oxygen atoms in total. The van der Waals surface area contributed by atoms with E-state index in [-0.39, 0.29) is 12.5 Å². The summed E-state index contributed by atoms with van der Waals surface area (Å²) in [6, 6.07) is 21.0. The van der Waals surface area contributed by atoms with Gasteiger partial charge in [-0.3, -0.25) is 9.79 Å². The predicted molar refractivity (Wildman–Crippen MR) is 121 cm³/mol. The van der Waals surface area contributed by atoms with E-state index in [2.05, 4.69) is 23.3 Å². The van der Waals surface area contributed by atoms with Crippen molar-refractivity contribution in [1.29, 1.82) is 0 Å². The van der Waals surface area contributed by atoms with Crippen LogP contribution >= 0.6 is 0 Å². The zero-order valence-electron chi connectivity index (χ0n) is 17.5. The lowest BCUT2D eigenvalue weighted by molar-refractivity contribution is -0.118. The highest BCUT2D eigenvalue weighted by atomic mass is 16.5. The molecule has 30 heavy (non-hydrogen) atoms. The fourth-order valence-corrected chi connectivity index (χ4v) is 2.95. The van der Waals surface area contributed by atoms with Gasteiger partial charge >= 0.3 is 0 Å². The normalized spacial score (nSPS) is 10.8. The smallest absolute Gasteiger partial charge is 0.262 e. The fourth-order valence-electron chi connectivity index (χ4n) is 2.95. The third kappa shape index (κ3) is 5.95. The molecule has 0 unspecified atom stereocenters. The summed E-state index contributed by atoms with van der Waals surface area (Å²) in [7, 11) is 0. The monoisotopic (exact) mass is 402 g/mol. The van der Waals surface area contributed by atoms with Crippen molar-refractivity contribution < 1.29 is 14.3 Å². The standard InChI is InChI=1S/C25H26N2O3/c1-4-29-24-15-20(16-26-22-12-10-18(2)14-19(22)3)11-13-23(24)30-17-25(28)27-21-8-6-5-7-9-21/h5-16H,4,17H2,1-3H3,(H,27,28). The highest BCUT2D eigenvalue weighted by molar-refractivity contribution is 5.92. The van der Waals surface area contributed by atoms with E-state index in [9.17, 15) is 4.79 Å². The van der Waals surface area contributed by atoms with Gasteiger partial charge in [0.2, 0.25) is 0 Å². The van der Waals surface area contributed by atoms with Crippen LogP contribution in [-0.2, 0) is 4.79 Å². The Hall–Kier alpha value is -3.60. The molecule has 0 saturated heterocycles. The topological polar surface area (TPSA) is 59.9 Å². The number of hydrogen-bond acceptors (Lipinski definition) is 4. The largest absolute Gasteiger partial charge is 0.490 e. The molecule has 5 heteroatoms. The van der Waals surface area contributed by atoms with Gasteiger partial charge in [0.25, 0.3) is 5.91 Å². The Kier molecular flexibility index (Phi) is 7.22. The first-order valence-electron chi connectivity index (χ1n) is 9.91. The molecular weight excluding hydrogens is 376 g/mol. The minimum absolute atomic E-state index is 0.106. The first-order chi connectivity index (χ1) is 14.5. The van der Waals surface area contributed by atoms with Crippen LogP contribution in [0.4, 0.5) is 11.4 Å². The van der Waals surface area contributed by atoms with Crippen molar-refractivity contribution in [2.24, 2.45) is 4.99 Å². The number of ether oxygens (including phenoxy) is 2. The number of carbonyl (C=O) groups excluding carboxylic acids is 1. The van der Waals surface area contributed by atoms with Gasteiger partial charge in [-0.25, -0.2) is 0 Å². The number of hydrogen-bond donors (Lipinski definition) is 1. The fraction of sp³-hybridized carbons (Fsp3) is 0.200. The van der Waals surface area contributed by atoms with Gasteiger partial charge in [0.1, 0.15) is 0 Å². The van der Waals surface area contributed by atoms with E-state index in [0.29, 0.717) is 18.1 Å². The zero-order chi connectivity index (χ0) is 21.3. The van der Waals surface area contributed by atoms with Crippen molar-refractivity contribution in [3.8, 4) is 11.5 Å². The number of amides is 1. The van der Waals surface area contributed by atoms with Crippen molar-refractivity contribution in [3.05, 3.63) is 83.4 Å². The summed E-state index contributed by atoms with van der Waals surface area (Å²) >= 11 is 0. The summed E-state index contributed by atoms with van der Waals surface area (Å²) in [5.41, 5.74) is 4.88. The van der Waals surface area contributed by atoms with Crippen molar-refractivity contribution >= 4 is 23.5 Å². The summed E-state index contributed by atoms with van der Waals surface area (Å²) in [5.74, 6) is 0.863. The minimum Gasteiger partial charge on any atom is -0.490 e. The number of aryl methyl sites for hydroxylation is 2. The number of nitrogens with zero attached hydrogens (tertiary/aromatic N) is 1. The summed E-state index contributed by atoms with van der Waals surface area (Å²) in [5, 5.41) is 2.80. The van der Waals surface area contributed by atoms with Gasteiger partial charge in [-0.05, 0) is 68.3 Å². The van der Waals surface area contributed by atoms with E-state index < -0.39 is 0 Å². The number of carbonyl (C=O) groups is 1. The first-order valence-corrected chi connectivity index (χ1v) is 9.91. The van der Waals surface area contributed by atoms with E-state index >= 15 is 0 Å². The van der Waals surface area contributed by atoms with Crippen molar-refractivity contribution in [1.82, 2.24) is 0 Å². The highest BCUT2D eigenvalue weighted by Crippen LogP contribution is 2.28. The lowest BCUT2D eigenvalue weighted by Gasteiger charge is -2.12. The molecule has 0 heterocycles. The Balaban J connectivity index is 1.68. The second kappa shape index (κ2) is 10.3. The third-order valence-electron chi connectivity index (χ3n) is 4.39. The summed E-state index contributed by atoms with van der Waals surface area (Å²) in [6.45, 7) is 6.40. The maximum Gasteiger partial charge on any atom is 0.262 e. The number of aliphatic imine (C=N–C) groups is 1. The number of benzene rings is 3. The average Bonchev–Trinajstić information content (AvgIpc) is 2.73. The van der Waals surface area contributed by atoms with Crippen molar-refractivity contribution in [2.75, 3.05) is 18.5 Å². The van der Waals surface area contributed by atoms with Gasteiger partial charge in [0.05, 0.1) is 12.3 Å². The molecule has 0 spiro atoms. The van der Waals surface area contributed by atoms with Crippen LogP contribution in [0.15, 0.2) is 71.7 Å². The van der Waals surface area contributed by atoms with Crippen molar-refractivity contribution in [2.45, 2.75) is 20.8 Å². The number of para-hydroxylation sites is 1. The molecule has 1 amide bonds. The maximum atomic E-state index is 12.1. The van der Waals surface area contributed by atoms with E-state index in [4.69, 9.17) is 9.47 Å². The van der Waals surface area contributed by atoms with Crippen LogP contribution in [0, 0.1) is 13.8 Å². The molecule has 0 atom stereocenters. The highest BCUT2D eigenvalue weighted by Gasteiger charge is 2.09. The number of anilines is 1. The summed E-state index contributed by atoms with van der Waals surface area (Å²) < 4.78 is 11.4. The third-order valence-corrected chi connectivity index (χ3v) is 4.39. The van der Waals surface area contributed by atoms with Crippen LogP contribution < -0.4 is 14.8 Å². The van der Waals surface area contributed by atoms with Crippen LogP contribution in [0.1, 0.15) is 23.6 Å². The lowest BCUT2D eigenvalue weighted by Crippen LogP contribution is -2.20. The minimum atomic E-state index is -0.232. The SMILES string of the molecule is CCOc1cc(C=Nc2ccc(C)cc2C)ccc1OCC(=O)Nc1ccccc1. The molecule has 3 aromatic rings. The Labute approximate surface area is 177 Å². The Morgan fingerprint density at radius 1 is 0.967 bits per heavy atom. The molecular formula is C25H26N2O3. The van der Waals surface area contributed by atoms with Gasteiger partial charge in [-0.1, -0.05) is 35.9 Å². The molecule has 0 saturated carbocycles. The molecule has 1 N–H and O–H groups in total. The second-order valence-corrected chi connectivity index (χ2v) is 6.89. The van der Waals surface area contributed by atoms with E-state index in [1.54, 1.807) is 12.3 Å². The molecule has 3 rings (SSSR count). The molecule has 154 valence electrons. The van der Waals surface area contributed by atoms with Gasteiger partial charge < -0.3 is 14.8 Å². The molecule has 0 fully saturated rings. The average molecular weight is 402 g/mol. The van der Waals surface area contributed by atoms with Crippen LogP contribution in [0.2, 0.25) is 0 Å². The molecule has 0 radical (unpaired) electrons. The van der Waals surface area contributed by atoms with Gasteiger partial charge in [-0.15, -0.1) is 0 Å². The van der Waals surface area contributed by atoms with E-state index in [0.717, 1.165) is 22.5 Å². The second-order valence-electron chi connectivity index (χ2n) is 6.89. The van der Waals surface area contributed by atoms with Crippen LogP contribution in [-0.4, -0.2) is 25.3 Å².